The van der Waals surface area contributed by atoms with E-state index in [0.29, 0.717) is 11.3 Å². The first-order valence-corrected chi connectivity index (χ1v) is 6.95. The number of benzene rings is 1. The highest BCUT2D eigenvalue weighted by atomic mass is 32.2. The summed E-state index contributed by atoms with van der Waals surface area (Å²) < 4.78 is 26.8. The van der Waals surface area contributed by atoms with Gasteiger partial charge in [-0.25, -0.2) is 8.42 Å². The second kappa shape index (κ2) is 5.08. The fourth-order valence-electron chi connectivity index (χ4n) is 1.52. The van der Waals surface area contributed by atoms with Crippen LogP contribution in [-0.2, 0) is 10.0 Å². The van der Waals surface area contributed by atoms with Gasteiger partial charge in [-0.05, 0) is 36.8 Å². The van der Waals surface area contributed by atoms with Gasteiger partial charge in [0, 0.05) is 12.4 Å². The molecule has 0 saturated heterocycles. The Bertz CT molecular complexity index is 748. The lowest BCUT2D eigenvalue weighted by Gasteiger charge is -2.10. The lowest BCUT2D eigenvalue weighted by Crippen LogP contribution is -2.13. The van der Waals surface area contributed by atoms with Gasteiger partial charge >= 0.3 is 0 Å². The molecule has 5 nitrogen and oxygen atoms in total. The number of aryl methyl sites for hydroxylation is 1. The summed E-state index contributed by atoms with van der Waals surface area (Å²) in [7, 11) is -3.70. The fourth-order valence-corrected chi connectivity index (χ4v) is 2.70. The van der Waals surface area contributed by atoms with E-state index in [1.54, 1.807) is 25.3 Å². The van der Waals surface area contributed by atoms with Crippen LogP contribution in [0.5, 0.6) is 0 Å². The third-order valence-corrected chi connectivity index (χ3v) is 3.90. The molecule has 0 aliphatic heterocycles. The van der Waals surface area contributed by atoms with E-state index in [1.807, 2.05) is 6.07 Å². The van der Waals surface area contributed by atoms with Crippen LogP contribution < -0.4 is 4.72 Å². The maximum absolute atomic E-state index is 12.2. The molecule has 0 amide bonds. The van der Waals surface area contributed by atoms with Gasteiger partial charge in [-0.1, -0.05) is 6.07 Å². The first-order chi connectivity index (χ1) is 9.03. The van der Waals surface area contributed by atoms with Gasteiger partial charge in [-0.2, -0.15) is 5.26 Å². The Balaban J connectivity index is 2.39. The molecule has 0 spiro atoms. The van der Waals surface area contributed by atoms with Gasteiger partial charge in [0.05, 0.1) is 22.2 Å². The van der Waals surface area contributed by atoms with E-state index in [-0.39, 0.29) is 4.90 Å². The minimum atomic E-state index is -3.70. The summed E-state index contributed by atoms with van der Waals surface area (Å²) >= 11 is 0. The Kier molecular flexibility index (Phi) is 3.49. The Morgan fingerprint density at radius 1 is 1.32 bits per heavy atom. The van der Waals surface area contributed by atoms with Crippen LogP contribution in [0.4, 0.5) is 5.69 Å². The van der Waals surface area contributed by atoms with Crippen molar-refractivity contribution < 1.29 is 8.42 Å². The second-order valence-corrected chi connectivity index (χ2v) is 5.62. The fraction of sp³-hybridized carbons (Fsp3) is 0.0769. The van der Waals surface area contributed by atoms with Gasteiger partial charge in [0.2, 0.25) is 0 Å². The maximum atomic E-state index is 12.2. The lowest BCUT2D eigenvalue weighted by molar-refractivity contribution is 0.601. The van der Waals surface area contributed by atoms with Crippen LogP contribution in [0.25, 0.3) is 0 Å². The van der Waals surface area contributed by atoms with Crippen LogP contribution in [0, 0.1) is 18.3 Å². The monoisotopic (exact) mass is 273 g/mol. The van der Waals surface area contributed by atoms with E-state index < -0.39 is 10.0 Å². The van der Waals surface area contributed by atoms with Crippen molar-refractivity contribution in [1.29, 1.82) is 5.26 Å². The van der Waals surface area contributed by atoms with Crippen molar-refractivity contribution in [3.8, 4) is 6.07 Å². The number of nitriles is 1. The summed E-state index contributed by atoms with van der Waals surface area (Å²) in [5.41, 5.74) is 1.49. The third kappa shape index (κ3) is 2.89. The summed E-state index contributed by atoms with van der Waals surface area (Å²) in [4.78, 5) is 3.96. The molecule has 0 aliphatic rings. The van der Waals surface area contributed by atoms with Crippen LogP contribution in [0.2, 0.25) is 0 Å². The molecule has 2 aromatic rings. The van der Waals surface area contributed by atoms with Gasteiger partial charge < -0.3 is 0 Å². The molecular formula is C13H11N3O2S. The predicted octanol–water partition coefficient (Wildman–Crippen LogP) is 2.06. The van der Waals surface area contributed by atoms with Crippen LogP contribution in [0.15, 0.2) is 47.6 Å². The first-order valence-electron chi connectivity index (χ1n) is 5.46. The van der Waals surface area contributed by atoms with E-state index in [9.17, 15) is 8.42 Å². The topological polar surface area (TPSA) is 82.8 Å². The molecule has 1 heterocycles. The molecule has 96 valence electrons. The van der Waals surface area contributed by atoms with Crippen molar-refractivity contribution in [2.24, 2.45) is 0 Å². The highest BCUT2D eigenvalue weighted by molar-refractivity contribution is 7.92. The van der Waals surface area contributed by atoms with Crippen molar-refractivity contribution in [3.63, 3.8) is 0 Å². The Morgan fingerprint density at radius 2 is 2.11 bits per heavy atom. The summed E-state index contributed by atoms with van der Waals surface area (Å²) in [6, 6.07) is 9.36. The van der Waals surface area contributed by atoms with Crippen LogP contribution in [-0.4, -0.2) is 13.4 Å². The van der Waals surface area contributed by atoms with Gasteiger partial charge in [0.15, 0.2) is 0 Å². The van der Waals surface area contributed by atoms with Crippen LogP contribution >= 0.6 is 0 Å². The van der Waals surface area contributed by atoms with Crippen molar-refractivity contribution in [1.82, 2.24) is 4.98 Å². The van der Waals surface area contributed by atoms with E-state index in [0.717, 1.165) is 5.56 Å². The number of nitrogens with one attached hydrogen (secondary N) is 1. The summed E-state index contributed by atoms with van der Waals surface area (Å²) in [5.74, 6) is 0. The van der Waals surface area contributed by atoms with Crippen LogP contribution in [0.1, 0.15) is 11.1 Å². The van der Waals surface area contributed by atoms with Crippen molar-refractivity contribution in [3.05, 3.63) is 53.9 Å². The molecule has 0 unspecified atom stereocenters. The number of aromatic nitrogens is 1. The van der Waals surface area contributed by atoms with E-state index >= 15 is 0 Å². The van der Waals surface area contributed by atoms with E-state index in [2.05, 4.69) is 9.71 Å². The number of anilines is 1. The number of nitrogens with zero attached hydrogens (tertiary/aromatic N) is 2. The number of rotatable bonds is 3. The molecule has 6 heteroatoms. The highest BCUT2D eigenvalue weighted by Gasteiger charge is 2.15. The molecule has 0 fully saturated rings. The summed E-state index contributed by atoms with van der Waals surface area (Å²) in [6.45, 7) is 1.76. The van der Waals surface area contributed by atoms with E-state index in [1.165, 1.54) is 24.4 Å². The Morgan fingerprint density at radius 3 is 2.79 bits per heavy atom. The molecule has 0 saturated carbocycles. The summed E-state index contributed by atoms with van der Waals surface area (Å²) in [5, 5.41) is 8.79. The highest BCUT2D eigenvalue weighted by Crippen LogP contribution is 2.19. The molecule has 1 aromatic heterocycles. The van der Waals surface area contributed by atoms with Gasteiger partial charge in [0.25, 0.3) is 10.0 Å². The molecule has 0 radical (unpaired) electrons. The number of hydrogen-bond acceptors (Lipinski definition) is 4. The SMILES string of the molecule is Cc1cnccc1NS(=O)(=O)c1cccc(C#N)c1. The largest absolute Gasteiger partial charge is 0.279 e. The minimum Gasteiger partial charge on any atom is -0.279 e. The van der Waals surface area contributed by atoms with Gasteiger partial charge in [-0.15, -0.1) is 0 Å². The zero-order valence-corrected chi connectivity index (χ0v) is 11.0. The normalized spacial score (nSPS) is 10.7. The third-order valence-electron chi connectivity index (χ3n) is 2.54. The molecule has 2 rings (SSSR count). The molecule has 19 heavy (non-hydrogen) atoms. The van der Waals surface area contributed by atoms with Crippen molar-refractivity contribution >= 4 is 15.7 Å². The standard InChI is InChI=1S/C13H11N3O2S/c1-10-9-15-6-5-13(10)16-19(17,18)12-4-2-3-11(7-12)8-14/h2-7,9H,1H3,(H,15,16). The Labute approximate surface area is 111 Å². The minimum absolute atomic E-state index is 0.0581. The van der Waals surface area contributed by atoms with Gasteiger partial charge in [0.1, 0.15) is 0 Å². The Hall–Kier alpha value is -2.39. The average molecular weight is 273 g/mol. The molecule has 0 bridgehead atoms. The number of pyridine rings is 1. The van der Waals surface area contributed by atoms with Crippen molar-refractivity contribution in [2.45, 2.75) is 11.8 Å². The molecule has 1 aromatic carbocycles. The number of hydrogen-bond donors (Lipinski definition) is 1. The quantitative estimate of drug-likeness (QED) is 0.927. The van der Waals surface area contributed by atoms with Crippen molar-refractivity contribution in [2.75, 3.05) is 4.72 Å². The first kappa shape index (κ1) is 13.1. The molecule has 0 atom stereocenters. The molecule has 1 N–H and O–H groups in total. The average Bonchev–Trinajstić information content (AvgIpc) is 2.41. The molecular weight excluding hydrogens is 262 g/mol. The second-order valence-electron chi connectivity index (χ2n) is 3.94. The zero-order valence-electron chi connectivity index (χ0n) is 10.2. The van der Waals surface area contributed by atoms with Crippen LogP contribution in [0.3, 0.4) is 0 Å². The molecule has 0 aliphatic carbocycles. The summed E-state index contributed by atoms with van der Waals surface area (Å²) in [6.07, 6.45) is 3.08. The zero-order chi connectivity index (χ0) is 13.9. The smallest absolute Gasteiger partial charge is 0.261 e. The maximum Gasteiger partial charge on any atom is 0.261 e. The lowest BCUT2D eigenvalue weighted by atomic mass is 10.2. The van der Waals surface area contributed by atoms with E-state index in [4.69, 9.17) is 5.26 Å². The van der Waals surface area contributed by atoms with Gasteiger partial charge in [-0.3, -0.25) is 9.71 Å². The predicted molar refractivity (Wildman–Crippen MR) is 70.9 cm³/mol. The number of sulfonamides is 1.